The Morgan fingerprint density at radius 3 is 2.81 bits per heavy atom. The molecule has 1 spiro atoms. The molecule has 7 rings (SSSR count). The third kappa shape index (κ3) is 3.47. The smallest absolute Gasteiger partial charge is 0.274 e. The first-order valence-corrected chi connectivity index (χ1v) is 12.0. The summed E-state index contributed by atoms with van der Waals surface area (Å²) in [6, 6.07) is 17.3. The van der Waals surface area contributed by atoms with Crippen LogP contribution in [0.25, 0.3) is 0 Å². The van der Waals surface area contributed by atoms with Crippen molar-refractivity contribution in [2.75, 3.05) is 16.0 Å². The fourth-order valence-corrected chi connectivity index (χ4v) is 5.48. The molecule has 4 heterocycles. The van der Waals surface area contributed by atoms with Crippen molar-refractivity contribution in [3.05, 3.63) is 101 Å². The maximum atomic E-state index is 13.0. The van der Waals surface area contributed by atoms with E-state index in [0.717, 1.165) is 33.5 Å². The van der Waals surface area contributed by atoms with Crippen LogP contribution in [0.5, 0.6) is 0 Å². The van der Waals surface area contributed by atoms with Crippen molar-refractivity contribution in [3.8, 4) is 0 Å². The van der Waals surface area contributed by atoms with E-state index >= 15 is 0 Å². The molecule has 2 aliphatic heterocycles. The van der Waals surface area contributed by atoms with Crippen molar-refractivity contribution in [2.45, 2.75) is 24.8 Å². The van der Waals surface area contributed by atoms with Crippen LogP contribution in [0.15, 0.2) is 72.1 Å². The molecule has 4 aromatic rings. The summed E-state index contributed by atoms with van der Waals surface area (Å²) in [5, 5.41) is 9.15. The van der Waals surface area contributed by atoms with Gasteiger partial charge in [0.1, 0.15) is 23.7 Å². The minimum Gasteiger partial charge on any atom is -0.340 e. The number of anilines is 4. The van der Waals surface area contributed by atoms with Crippen LogP contribution >= 0.6 is 0 Å². The molecule has 2 aromatic carbocycles. The lowest BCUT2D eigenvalue weighted by Crippen LogP contribution is -2.35. The van der Waals surface area contributed by atoms with E-state index in [-0.39, 0.29) is 17.5 Å². The first-order chi connectivity index (χ1) is 18.1. The molecule has 2 aromatic heterocycles. The maximum absolute atomic E-state index is 13.0. The van der Waals surface area contributed by atoms with Gasteiger partial charge in [-0.3, -0.25) is 14.6 Å². The zero-order chi connectivity index (χ0) is 25.0. The number of aromatic nitrogens is 3. The highest BCUT2D eigenvalue weighted by Gasteiger charge is 2.51. The van der Waals surface area contributed by atoms with Crippen LogP contribution in [0.1, 0.15) is 38.3 Å². The minimum absolute atomic E-state index is 0.00584. The van der Waals surface area contributed by atoms with Gasteiger partial charge in [-0.1, -0.05) is 24.3 Å². The normalized spacial score (nSPS) is 18.3. The zero-order valence-electron chi connectivity index (χ0n) is 19.7. The predicted molar refractivity (Wildman–Crippen MR) is 139 cm³/mol. The van der Waals surface area contributed by atoms with Crippen LogP contribution in [-0.2, 0) is 29.6 Å². The molecule has 9 nitrogen and oxygen atoms in total. The highest BCUT2D eigenvalue weighted by atomic mass is 16.2. The number of aliphatic imine (C=N–C) groups is 1. The quantitative estimate of drug-likeness (QED) is 0.403. The largest absolute Gasteiger partial charge is 0.340 e. The lowest BCUT2D eigenvalue weighted by molar-refractivity contribution is -0.120. The van der Waals surface area contributed by atoms with Crippen molar-refractivity contribution < 1.29 is 9.59 Å². The molecule has 9 heteroatoms. The Kier molecular flexibility index (Phi) is 4.65. The molecular weight excluding hydrogens is 466 g/mol. The molecule has 1 aliphatic carbocycles. The van der Waals surface area contributed by atoms with E-state index in [1.807, 2.05) is 48.5 Å². The van der Waals surface area contributed by atoms with Gasteiger partial charge in [0.15, 0.2) is 0 Å². The molecular formula is C28H21N7O2. The summed E-state index contributed by atoms with van der Waals surface area (Å²) in [4.78, 5) is 43.0. The van der Waals surface area contributed by atoms with Crippen molar-refractivity contribution in [1.29, 1.82) is 0 Å². The van der Waals surface area contributed by atoms with Crippen LogP contribution < -0.4 is 16.0 Å². The standard InChI is InChI=1S/C28H21N7O2/c36-26(34-22-5-1-3-17-13-29-14-20(17)22)23-10-24(32-15-31-23)33-19-7-6-16-11-28(12-18(16)9-19)21-4-2-8-30-25(21)35-27(28)37/h1-10,14-15H,11-13H2,(H,34,36)(H,30,35,37)(H,31,32,33). The average molecular weight is 488 g/mol. The van der Waals surface area contributed by atoms with Crippen molar-refractivity contribution >= 4 is 41.0 Å². The summed E-state index contributed by atoms with van der Waals surface area (Å²) in [6.07, 6.45) is 6.08. The number of pyridine rings is 1. The summed E-state index contributed by atoms with van der Waals surface area (Å²) in [6.45, 7) is 0.622. The SMILES string of the molecule is O=C(Nc1cccc2c1C=NC2)c1cc(Nc2ccc3c(c2)CC2(C3)C(=O)Nc3ncccc32)ncn1. The fraction of sp³-hybridized carbons (Fsp3) is 0.143. The number of benzene rings is 2. The lowest BCUT2D eigenvalue weighted by Gasteiger charge is -2.20. The summed E-state index contributed by atoms with van der Waals surface area (Å²) < 4.78 is 0. The van der Waals surface area contributed by atoms with Crippen molar-refractivity contribution in [2.24, 2.45) is 4.99 Å². The second kappa shape index (κ2) is 8.06. The molecule has 0 saturated heterocycles. The number of nitrogens with one attached hydrogen (secondary N) is 3. The van der Waals surface area contributed by atoms with E-state index in [4.69, 9.17) is 0 Å². The van der Waals surface area contributed by atoms with Gasteiger partial charge >= 0.3 is 0 Å². The van der Waals surface area contributed by atoms with Gasteiger partial charge in [0.05, 0.1) is 17.6 Å². The van der Waals surface area contributed by atoms with Crippen LogP contribution in [0.3, 0.4) is 0 Å². The Hall–Kier alpha value is -4.92. The third-order valence-electron chi connectivity index (χ3n) is 7.28. The molecule has 1 atom stereocenters. The topological polar surface area (TPSA) is 121 Å². The Morgan fingerprint density at radius 2 is 1.86 bits per heavy atom. The van der Waals surface area contributed by atoms with E-state index in [1.54, 1.807) is 18.5 Å². The number of fused-ring (bicyclic) bond motifs is 4. The number of rotatable bonds is 4. The van der Waals surface area contributed by atoms with E-state index in [2.05, 4.69) is 35.9 Å². The van der Waals surface area contributed by atoms with Crippen LogP contribution in [0, 0.1) is 0 Å². The number of nitrogens with zero attached hydrogens (tertiary/aromatic N) is 4. The molecule has 0 radical (unpaired) electrons. The van der Waals surface area contributed by atoms with E-state index < -0.39 is 5.41 Å². The van der Waals surface area contributed by atoms with Gasteiger partial charge in [-0.25, -0.2) is 15.0 Å². The molecule has 3 aliphatic rings. The summed E-state index contributed by atoms with van der Waals surface area (Å²) in [5.41, 5.74) is 6.35. The van der Waals surface area contributed by atoms with Crippen LogP contribution in [0.2, 0.25) is 0 Å². The van der Waals surface area contributed by atoms with Gasteiger partial charge < -0.3 is 16.0 Å². The molecule has 180 valence electrons. The maximum Gasteiger partial charge on any atom is 0.274 e. The second-order valence-electron chi connectivity index (χ2n) is 9.49. The summed E-state index contributed by atoms with van der Waals surface area (Å²) >= 11 is 0. The Labute approximate surface area is 212 Å². The first-order valence-electron chi connectivity index (χ1n) is 12.0. The number of carbonyl (C=O) groups is 2. The van der Waals surface area contributed by atoms with E-state index in [0.29, 0.717) is 36.7 Å². The monoisotopic (exact) mass is 487 g/mol. The Balaban J connectivity index is 1.11. The highest BCUT2D eigenvalue weighted by Crippen LogP contribution is 2.47. The number of carbonyl (C=O) groups excluding carboxylic acids is 2. The number of hydrogen-bond acceptors (Lipinski definition) is 7. The summed E-state index contributed by atoms with van der Waals surface area (Å²) in [5.74, 6) is 0.822. The van der Waals surface area contributed by atoms with Crippen molar-refractivity contribution in [3.63, 3.8) is 0 Å². The van der Waals surface area contributed by atoms with Gasteiger partial charge in [-0.2, -0.15) is 0 Å². The van der Waals surface area contributed by atoms with Gasteiger partial charge in [-0.15, -0.1) is 0 Å². The average Bonchev–Trinajstić information content (AvgIpc) is 3.61. The van der Waals surface area contributed by atoms with Crippen LogP contribution in [0.4, 0.5) is 23.0 Å². The van der Waals surface area contributed by atoms with Gasteiger partial charge in [-0.05, 0) is 53.8 Å². The predicted octanol–water partition coefficient (Wildman–Crippen LogP) is 3.79. The lowest BCUT2D eigenvalue weighted by atomic mass is 9.79. The zero-order valence-corrected chi connectivity index (χ0v) is 19.7. The molecule has 2 amide bonds. The third-order valence-corrected chi connectivity index (χ3v) is 7.28. The van der Waals surface area contributed by atoms with Gasteiger partial charge in [0.25, 0.3) is 5.91 Å². The van der Waals surface area contributed by atoms with Crippen LogP contribution in [-0.4, -0.2) is 33.0 Å². The fourth-order valence-electron chi connectivity index (χ4n) is 5.48. The highest BCUT2D eigenvalue weighted by molar-refractivity contribution is 6.07. The van der Waals surface area contributed by atoms with Gasteiger partial charge in [0.2, 0.25) is 5.91 Å². The van der Waals surface area contributed by atoms with Crippen molar-refractivity contribution in [1.82, 2.24) is 15.0 Å². The van der Waals surface area contributed by atoms with E-state index in [1.165, 1.54) is 6.33 Å². The molecule has 0 fully saturated rings. The van der Waals surface area contributed by atoms with Gasteiger partial charge in [0, 0.05) is 35.3 Å². The molecule has 3 N–H and O–H groups in total. The second-order valence-corrected chi connectivity index (χ2v) is 9.49. The van der Waals surface area contributed by atoms with E-state index in [9.17, 15) is 9.59 Å². The number of amides is 2. The summed E-state index contributed by atoms with van der Waals surface area (Å²) in [7, 11) is 0. The number of hydrogen-bond donors (Lipinski definition) is 3. The molecule has 1 unspecified atom stereocenters. The molecule has 37 heavy (non-hydrogen) atoms. The Bertz CT molecular complexity index is 1650. The Morgan fingerprint density at radius 1 is 0.946 bits per heavy atom. The molecule has 0 bridgehead atoms. The first kappa shape index (κ1) is 21.4. The minimum atomic E-state index is -0.618. The molecule has 0 saturated carbocycles.